The van der Waals surface area contributed by atoms with Crippen LogP contribution in [0.4, 0.5) is 0 Å². The topological polar surface area (TPSA) is 64.2 Å². The van der Waals surface area contributed by atoms with Gasteiger partial charge >= 0.3 is 0 Å². The van der Waals surface area contributed by atoms with Crippen molar-refractivity contribution in [1.29, 1.82) is 0 Å². The molecule has 102 valence electrons. The van der Waals surface area contributed by atoms with Gasteiger partial charge in [0.2, 0.25) is 5.91 Å². The van der Waals surface area contributed by atoms with Crippen LogP contribution in [0.25, 0.3) is 11.6 Å². The van der Waals surface area contributed by atoms with Crippen molar-refractivity contribution in [2.24, 2.45) is 0 Å². The molecule has 0 unspecified atom stereocenters. The molecule has 0 radical (unpaired) electrons. The molecular weight excluding hydrogens is 264 g/mol. The molecular formula is C12H16N4O2S. The van der Waals surface area contributed by atoms with Gasteiger partial charge in [-0.15, -0.1) is 10.2 Å². The summed E-state index contributed by atoms with van der Waals surface area (Å²) in [6.45, 7) is 2.73. The zero-order chi connectivity index (χ0) is 13.8. The predicted molar refractivity (Wildman–Crippen MR) is 72.8 cm³/mol. The van der Waals surface area contributed by atoms with Gasteiger partial charge in [0.1, 0.15) is 0 Å². The molecule has 0 fully saturated rings. The highest BCUT2D eigenvalue weighted by Crippen LogP contribution is 2.24. The molecule has 0 aliphatic rings. The molecule has 0 N–H and O–H groups in total. The molecule has 0 bridgehead atoms. The Morgan fingerprint density at radius 2 is 2.26 bits per heavy atom. The van der Waals surface area contributed by atoms with Crippen molar-refractivity contribution in [1.82, 2.24) is 19.7 Å². The van der Waals surface area contributed by atoms with Crippen molar-refractivity contribution < 1.29 is 9.21 Å². The monoisotopic (exact) mass is 280 g/mol. The Balaban J connectivity index is 2.16. The Labute approximate surface area is 115 Å². The van der Waals surface area contributed by atoms with Crippen LogP contribution in [0.15, 0.2) is 28.0 Å². The summed E-state index contributed by atoms with van der Waals surface area (Å²) in [5.41, 5.74) is 0. The van der Waals surface area contributed by atoms with Crippen LogP contribution in [0.2, 0.25) is 0 Å². The van der Waals surface area contributed by atoms with Gasteiger partial charge in [-0.1, -0.05) is 11.8 Å². The van der Waals surface area contributed by atoms with Gasteiger partial charge in [-0.3, -0.25) is 9.36 Å². The molecule has 0 saturated heterocycles. The minimum Gasteiger partial charge on any atom is -0.461 e. The maximum Gasteiger partial charge on any atom is 0.232 e. The largest absolute Gasteiger partial charge is 0.461 e. The van der Waals surface area contributed by atoms with Crippen LogP contribution in [0.5, 0.6) is 0 Å². The van der Waals surface area contributed by atoms with Gasteiger partial charge in [-0.2, -0.15) is 0 Å². The molecule has 2 rings (SSSR count). The van der Waals surface area contributed by atoms with E-state index in [1.54, 1.807) is 25.3 Å². The summed E-state index contributed by atoms with van der Waals surface area (Å²) < 4.78 is 7.27. The van der Waals surface area contributed by atoms with Crippen LogP contribution in [0.3, 0.4) is 0 Å². The number of furan rings is 1. The third-order valence-corrected chi connectivity index (χ3v) is 3.55. The van der Waals surface area contributed by atoms with Crippen molar-refractivity contribution in [2.45, 2.75) is 18.6 Å². The highest BCUT2D eigenvalue weighted by atomic mass is 32.2. The first-order valence-corrected chi connectivity index (χ1v) is 6.92. The fourth-order valence-corrected chi connectivity index (χ4v) is 2.50. The summed E-state index contributed by atoms with van der Waals surface area (Å²) in [6.07, 6.45) is 1.60. The van der Waals surface area contributed by atoms with Crippen molar-refractivity contribution in [3.8, 4) is 11.6 Å². The van der Waals surface area contributed by atoms with Crippen molar-refractivity contribution in [3.05, 3.63) is 18.4 Å². The Kier molecular flexibility index (Phi) is 4.26. The molecule has 0 aromatic carbocycles. The molecule has 7 heteroatoms. The van der Waals surface area contributed by atoms with E-state index in [0.29, 0.717) is 17.3 Å². The fraction of sp³-hybridized carbons (Fsp3) is 0.417. The maximum atomic E-state index is 11.6. The van der Waals surface area contributed by atoms with Crippen molar-refractivity contribution in [2.75, 3.05) is 19.8 Å². The third-order valence-electron chi connectivity index (χ3n) is 2.60. The van der Waals surface area contributed by atoms with E-state index in [1.165, 1.54) is 11.8 Å². The number of rotatable bonds is 5. The number of carbonyl (C=O) groups is 1. The quantitative estimate of drug-likeness (QED) is 0.781. The molecule has 19 heavy (non-hydrogen) atoms. The molecule has 0 spiro atoms. The van der Waals surface area contributed by atoms with Crippen LogP contribution in [0, 0.1) is 0 Å². The fourth-order valence-electron chi connectivity index (χ4n) is 1.52. The van der Waals surface area contributed by atoms with Gasteiger partial charge in [0.15, 0.2) is 16.7 Å². The molecule has 0 aliphatic carbocycles. The molecule has 1 amide bonds. The van der Waals surface area contributed by atoms with E-state index in [4.69, 9.17) is 4.42 Å². The summed E-state index contributed by atoms with van der Waals surface area (Å²) in [6, 6.07) is 3.65. The predicted octanol–water partition coefficient (Wildman–Crippen LogP) is 1.74. The molecule has 0 aliphatic heterocycles. The lowest BCUT2D eigenvalue weighted by Crippen LogP contribution is -2.23. The van der Waals surface area contributed by atoms with Gasteiger partial charge in [0.05, 0.1) is 12.0 Å². The van der Waals surface area contributed by atoms with E-state index in [2.05, 4.69) is 10.2 Å². The molecule has 0 saturated carbocycles. The van der Waals surface area contributed by atoms with E-state index in [-0.39, 0.29) is 5.91 Å². The minimum absolute atomic E-state index is 0.0511. The van der Waals surface area contributed by atoms with Crippen molar-refractivity contribution >= 4 is 17.7 Å². The second kappa shape index (κ2) is 5.92. The van der Waals surface area contributed by atoms with Gasteiger partial charge in [-0.25, -0.2) is 0 Å². The highest BCUT2D eigenvalue weighted by molar-refractivity contribution is 7.99. The van der Waals surface area contributed by atoms with Gasteiger partial charge in [0.25, 0.3) is 0 Å². The van der Waals surface area contributed by atoms with Gasteiger partial charge in [0, 0.05) is 20.6 Å². The molecule has 2 heterocycles. The zero-order valence-corrected chi connectivity index (χ0v) is 12.0. The van der Waals surface area contributed by atoms with E-state index < -0.39 is 0 Å². The summed E-state index contributed by atoms with van der Waals surface area (Å²) in [7, 11) is 3.48. The first-order valence-electron chi connectivity index (χ1n) is 5.93. The summed E-state index contributed by atoms with van der Waals surface area (Å²) in [5.74, 6) is 1.77. The smallest absolute Gasteiger partial charge is 0.232 e. The Hall–Kier alpha value is -1.76. The lowest BCUT2D eigenvalue weighted by molar-refractivity contribution is -0.125. The number of hydrogen-bond donors (Lipinski definition) is 0. The first-order chi connectivity index (χ1) is 9.13. The highest BCUT2D eigenvalue weighted by Gasteiger charge is 2.16. The summed E-state index contributed by atoms with van der Waals surface area (Å²) >= 11 is 1.38. The zero-order valence-electron chi connectivity index (χ0n) is 11.2. The Morgan fingerprint density at radius 3 is 2.84 bits per heavy atom. The SMILES string of the molecule is CCn1c(SCC(=O)N(C)C)nnc1-c1ccco1. The minimum atomic E-state index is 0.0511. The van der Waals surface area contributed by atoms with Crippen LogP contribution in [-0.4, -0.2) is 45.4 Å². The lowest BCUT2D eigenvalue weighted by Gasteiger charge is -2.09. The van der Waals surface area contributed by atoms with E-state index in [1.807, 2.05) is 23.6 Å². The first kappa shape index (κ1) is 13.7. The normalized spacial score (nSPS) is 10.7. The van der Waals surface area contributed by atoms with Crippen LogP contribution in [-0.2, 0) is 11.3 Å². The van der Waals surface area contributed by atoms with Gasteiger partial charge < -0.3 is 9.32 Å². The van der Waals surface area contributed by atoms with Crippen LogP contribution < -0.4 is 0 Å². The second-order valence-electron chi connectivity index (χ2n) is 4.10. The second-order valence-corrected chi connectivity index (χ2v) is 5.05. The van der Waals surface area contributed by atoms with E-state index in [9.17, 15) is 4.79 Å². The molecule has 2 aromatic rings. The molecule has 0 atom stereocenters. The van der Waals surface area contributed by atoms with Crippen molar-refractivity contribution in [3.63, 3.8) is 0 Å². The number of thioether (sulfide) groups is 1. The van der Waals surface area contributed by atoms with E-state index in [0.717, 1.165) is 11.7 Å². The average molecular weight is 280 g/mol. The number of amides is 1. The third kappa shape index (κ3) is 2.98. The summed E-state index contributed by atoms with van der Waals surface area (Å²) in [5, 5.41) is 8.97. The maximum absolute atomic E-state index is 11.6. The number of nitrogens with zero attached hydrogens (tertiary/aromatic N) is 4. The lowest BCUT2D eigenvalue weighted by atomic mass is 10.4. The standard InChI is InChI=1S/C12H16N4O2S/c1-4-16-11(9-6-5-7-18-9)13-14-12(16)19-8-10(17)15(2)3/h5-7H,4,8H2,1-3H3. The Morgan fingerprint density at radius 1 is 1.47 bits per heavy atom. The van der Waals surface area contributed by atoms with Crippen LogP contribution >= 0.6 is 11.8 Å². The number of hydrogen-bond acceptors (Lipinski definition) is 5. The number of carbonyl (C=O) groups excluding carboxylic acids is 1. The average Bonchev–Trinajstić information content (AvgIpc) is 3.03. The number of aromatic nitrogens is 3. The van der Waals surface area contributed by atoms with E-state index >= 15 is 0 Å². The summed E-state index contributed by atoms with van der Waals surface area (Å²) in [4.78, 5) is 13.1. The Bertz CT molecular complexity index is 548. The molecule has 2 aromatic heterocycles. The molecule has 6 nitrogen and oxygen atoms in total. The van der Waals surface area contributed by atoms with Gasteiger partial charge in [-0.05, 0) is 19.1 Å². The van der Waals surface area contributed by atoms with Crippen LogP contribution in [0.1, 0.15) is 6.92 Å².